The number of hydrogen-bond donors (Lipinski definition) is 1. The molecule has 0 bridgehead atoms. The van der Waals surface area contributed by atoms with Crippen molar-refractivity contribution >= 4 is 10.0 Å². The maximum Gasteiger partial charge on any atom is 0.241 e. The van der Waals surface area contributed by atoms with Gasteiger partial charge in [-0.1, -0.05) is 35.9 Å². The lowest BCUT2D eigenvalue weighted by molar-refractivity contribution is 0.580. The summed E-state index contributed by atoms with van der Waals surface area (Å²) >= 11 is 0. The first-order valence-corrected chi connectivity index (χ1v) is 7.96. The molecule has 0 aliphatic rings. The molecule has 0 aliphatic heterocycles. The monoisotopic (exact) mass is 300 g/mol. The van der Waals surface area contributed by atoms with Crippen molar-refractivity contribution in [2.45, 2.75) is 25.3 Å². The number of nitrogens with zero attached hydrogens (tertiary/aromatic N) is 1. The van der Waals surface area contributed by atoms with Gasteiger partial charge < -0.3 is 0 Å². The molecular formula is C16H16N2O2S. The third kappa shape index (κ3) is 3.69. The van der Waals surface area contributed by atoms with Crippen molar-refractivity contribution in [3.05, 3.63) is 64.7 Å². The van der Waals surface area contributed by atoms with Crippen molar-refractivity contribution in [2.75, 3.05) is 0 Å². The first-order valence-electron chi connectivity index (χ1n) is 6.48. The van der Waals surface area contributed by atoms with E-state index < -0.39 is 10.0 Å². The number of hydrogen-bond acceptors (Lipinski definition) is 3. The van der Waals surface area contributed by atoms with Crippen molar-refractivity contribution in [2.24, 2.45) is 0 Å². The number of rotatable bonds is 4. The highest BCUT2D eigenvalue weighted by molar-refractivity contribution is 7.89. The van der Waals surface area contributed by atoms with Crippen LogP contribution in [0.3, 0.4) is 0 Å². The van der Waals surface area contributed by atoms with Crippen LogP contribution >= 0.6 is 0 Å². The Morgan fingerprint density at radius 1 is 1.10 bits per heavy atom. The fourth-order valence-corrected chi connectivity index (χ4v) is 3.21. The lowest BCUT2D eigenvalue weighted by Gasteiger charge is -2.10. The van der Waals surface area contributed by atoms with E-state index >= 15 is 0 Å². The summed E-state index contributed by atoms with van der Waals surface area (Å²) in [6.45, 7) is 3.91. The van der Waals surface area contributed by atoms with Crippen molar-refractivity contribution in [1.29, 1.82) is 5.26 Å². The van der Waals surface area contributed by atoms with Gasteiger partial charge in [-0.25, -0.2) is 13.1 Å². The number of aryl methyl sites for hydroxylation is 2. The molecule has 0 heterocycles. The van der Waals surface area contributed by atoms with Crippen molar-refractivity contribution in [3.63, 3.8) is 0 Å². The number of nitrogens with one attached hydrogen (secondary N) is 1. The Morgan fingerprint density at radius 2 is 1.76 bits per heavy atom. The second-order valence-corrected chi connectivity index (χ2v) is 6.64. The second-order valence-electron chi connectivity index (χ2n) is 4.90. The molecule has 2 aromatic rings. The van der Waals surface area contributed by atoms with Gasteiger partial charge in [-0.05, 0) is 37.1 Å². The minimum atomic E-state index is -3.63. The van der Waals surface area contributed by atoms with E-state index in [2.05, 4.69) is 4.72 Å². The standard InChI is InChI=1S/C16H16N2O2S/c1-12-3-6-14(7-4-12)11-18-21(19,20)16-9-15(10-17)8-5-13(16)2/h3-9,18H,11H2,1-2H3. The summed E-state index contributed by atoms with van der Waals surface area (Å²) in [4.78, 5) is 0.147. The van der Waals surface area contributed by atoms with Gasteiger partial charge in [0.05, 0.1) is 16.5 Å². The summed E-state index contributed by atoms with van der Waals surface area (Å²) < 4.78 is 27.2. The lowest BCUT2D eigenvalue weighted by Crippen LogP contribution is -2.24. The van der Waals surface area contributed by atoms with E-state index in [9.17, 15) is 8.42 Å². The van der Waals surface area contributed by atoms with Crippen LogP contribution in [0.4, 0.5) is 0 Å². The molecule has 1 N–H and O–H groups in total. The SMILES string of the molecule is Cc1ccc(CNS(=O)(=O)c2cc(C#N)ccc2C)cc1. The molecule has 0 saturated carbocycles. The van der Waals surface area contributed by atoms with E-state index in [1.54, 1.807) is 19.1 Å². The maximum absolute atomic E-state index is 12.3. The maximum atomic E-state index is 12.3. The van der Waals surface area contributed by atoms with Crippen LogP contribution in [0, 0.1) is 25.2 Å². The predicted molar refractivity (Wildman–Crippen MR) is 81.1 cm³/mol. The second kappa shape index (κ2) is 6.08. The molecule has 0 aliphatic carbocycles. The smallest absolute Gasteiger partial charge is 0.207 e. The summed E-state index contributed by atoms with van der Waals surface area (Å²) in [5.41, 5.74) is 2.96. The van der Waals surface area contributed by atoms with E-state index in [1.165, 1.54) is 6.07 Å². The number of sulfonamides is 1. The zero-order valence-electron chi connectivity index (χ0n) is 11.9. The molecule has 0 spiro atoms. The minimum Gasteiger partial charge on any atom is -0.207 e. The molecule has 21 heavy (non-hydrogen) atoms. The van der Waals surface area contributed by atoms with E-state index in [-0.39, 0.29) is 11.4 Å². The Kier molecular flexibility index (Phi) is 4.41. The molecule has 0 amide bonds. The fourth-order valence-electron chi connectivity index (χ4n) is 1.92. The molecule has 0 saturated heterocycles. The molecule has 0 unspecified atom stereocenters. The van der Waals surface area contributed by atoms with Crippen LogP contribution in [0.25, 0.3) is 0 Å². The molecule has 0 radical (unpaired) electrons. The van der Waals surface area contributed by atoms with Crippen molar-refractivity contribution in [1.82, 2.24) is 4.72 Å². The van der Waals surface area contributed by atoms with Crippen LogP contribution in [0.2, 0.25) is 0 Å². The average molecular weight is 300 g/mol. The minimum absolute atomic E-state index is 0.147. The van der Waals surface area contributed by atoms with Gasteiger partial charge in [-0.15, -0.1) is 0 Å². The molecule has 5 heteroatoms. The zero-order chi connectivity index (χ0) is 15.5. The molecule has 2 aromatic carbocycles. The first-order chi connectivity index (χ1) is 9.92. The molecule has 2 rings (SSSR count). The molecular weight excluding hydrogens is 284 g/mol. The summed E-state index contributed by atoms with van der Waals surface area (Å²) in [6.07, 6.45) is 0. The van der Waals surface area contributed by atoms with E-state index in [0.29, 0.717) is 11.1 Å². The van der Waals surface area contributed by atoms with Gasteiger partial charge >= 0.3 is 0 Å². The van der Waals surface area contributed by atoms with Gasteiger partial charge in [0.1, 0.15) is 0 Å². The highest BCUT2D eigenvalue weighted by Gasteiger charge is 2.17. The largest absolute Gasteiger partial charge is 0.241 e. The van der Waals surface area contributed by atoms with Crippen LogP contribution in [0.1, 0.15) is 22.3 Å². The molecule has 4 nitrogen and oxygen atoms in total. The zero-order valence-corrected chi connectivity index (χ0v) is 12.7. The summed E-state index contributed by atoms with van der Waals surface area (Å²) in [7, 11) is -3.63. The van der Waals surface area contributed by atoms with E-state index in [0.717, 1.165) is 11.1 Å². The Morgan fingerprint density at radius 3 is 2.38 bits per heavy atom. The predicted octanol–water partition coefficient (Wildman–Crippen LogP) is 2.65. The summed E-state index contributed by atoms with van der Waals surface area (Å²) in [5.74, 6) is 0. The Hall–Kier alpha value is -2.16. The van der Waals surface area contributed by atoms with Gasteiger partial charge in [0, 0.05) is 6.54 Å². The topological polar surface area (TPSA) is 70.0 Å². The van der Waals surface area contributed by atoms with Crippen molar-refractivity contribution < 1.29 is 8.42 Å². The van der Waals surface area contributed by atoms with Crippen molar-refractivity contribution in [3.8, 4) is 6.07 Å². The Labute approximate surface area is 125 Å². The number of nitriles is 1. The Bertz CT molecular complexity index is 788. The van der Waals surface area contributed by atoms with Crippen LogP contribution in [0.5, 0.6) is 0 Å². The van der Waals surface area contributed by atoms with Gasteiger partial charge in [0.2, 0.25) is 10.0 Å². The average Bonchev–Trinajstić information content (AvgIpc) is 2.47. The van der Waals surface area contributed by atoms with Crippen LogP contribution in [-0.2, 0) is 16.6 Å². The van der Waals surface area contributed by atoms with Gasteiger partial charge in [-0.3, -0.25) is 0 Å². The van der Waals surface area contributed by atoms with Crippen LogP contribution in [-0.4, -0.2) is 8.42 Å². The highest BCUT2D eigenvalue weighted by atomic mass is 32.2. The lowest BCUT2D eigenvalue weighted by atomic mass is 10.2. The van der Waals surface area contributed by atoms with Crippen LogP contribution in [0.15, 0.2) is 47.4 Å². The van der Waals surface area contributed by atoms with Gasteiger partial charge in [0.15, 0.2) is 0 Å². The van der Waals surface area contributed by atoms with E-state index in [4.69, 9.17) is 5.26 Å². The van der Waals surface area contributed by atoms with Crippen LogP contribution < -0.4 is 4.72 Å². The fraction of sp³-hybridized carbons (Fsp3) is 0.188. The van der Waals surface area contributed by atoms with E-state index in [1.807, 2.05) is 37.3 Å². The third-order valence-corrected chi connectivity index (χ3v) is 4.74. The molecule has 0 atom stereocenters. The highest BCUT2D eigenvalue weighted by Crippen LogP contribution is 2.17. The summed E-state index contributed by atoms with van der Waals surface area (Å²) in [6, 6.07) is 14.2. The van der Waals surface area contributed by atoms with Gasteiger partial charge in [0.25, 0.3) is 0 Å². The Balaban J connectivity index is 2.23. The molecule has 0 fully saturated rings. The number of benzene rings is 2. The quantitative estimate of drug-likeness (QED) is 0.943. The first kappa shape index (κ1) is 15.2. The summed E-state index contributed by atoms with van der Waals surface area (Å²) in [5, 5.41) is 8.89. The molecule has 108 valence electrons. The van der Waals surface area contributed by atoms with Gasteiger partial charge in [-0.2, -0.15) is 5.26 Å². The normalized spacial score (nSPS) is 11.1. The third-order valence-electron chi connectivity index (χ3n) is 3.19. The molecule has 0 aromatic heterocycles.